The van der Waals surface area contributed by atoms with Crippen molar-refractivity contribution >= 4 is 34.9 Å². The highest BCUT2D eigenvalue weighted by Gasteiger charge is 2.16. The molecule has 1 amide bonds. The minimum Gasteiger partial charge on any atom is -0.452 e. The van der Waals surface area contributed by atoms with Crippen LogP contribution in [0.4, 0.5) is 5.69 Å². The number of nitrogens with one attached hydrogen (secondary N) is 1. The first kappa shape index (κ1) is 18.4. The van der Waals surface area contributed by atoms with E-state index in [1.54, 1.807) is 43.3 Å². The van der Waals surface area contributed by atoms with E-state index in [1.807, 2.05) is 0 Å². The second kappa shape index (κ2) is 8.80. The molecule has 0 radical (unpaired) electrons. The van der Waals surface area contributed by atoms with Crippen molar-refractivity contribution in [3.05, 3.63) is 76.8 Å². The second-order valence-electron chi connectivity index (χ2n) is 5.04. The van der Waals surface area contributed by atoms with Crippen molar-refractivity contribution < 1.29 is 19.1 Å². The highest BCUT2D eigenvalue weighted by atomic mass is 35.5. The van der Waals surface area contributed by atoms with Crippen LogP contribution in [0.3, 0.4) is 0 Å². The molecule has 0 saturated carbocycles. The fourth-order valence-electron chi connectivity index (χ4n) is 2.07. The third-order valence-corrected chi connectivity index (χ3v) is 3.42. The zero-order chi connectivity index (χ0) is 18.2. The number of ketones is 1. The number of carbonyl (C=O) groups is 3. The summed E-state index contributed by atoms with van der Waals surface area (Å²) in [7, 11) is 0. The highest BCUT2D eigenvalue weighted by molar-refractivity contribution is 6.31. The molecule has 0 fully saturated rings. The number of hydrogen-bond acceptors (Lipinski definition) is 4. The number of halogens is 1. The molecule has 0 aliphatic rings. The molecule has 0 aliphatic heterocycles. The van der Waals surface area contributed by atoms with E-state index in [-0.39, 0.29) is 11.3 Å². The van der Waals surface area contributed by atoms with E-state index in [0.717, 1.165) is 0 Å². The molecule has 0 aromatic heterocycles. The molecule has 0 spiro atoms. The first-order valence-electron chi connectivity index (χ1n) is 7.50. The normalized spacial score (nSPS) is 10.5. The van der Waals surface area contributed by atoms with Gasteiger partial charge in [0.05, 0.1) is 5.69 Å². The topological polar surface area (TPSA) is 72.5 Å². The van der Waals surface area contributed by atoms with Crippen LogP contribution in [-0.2, 0) is 14.3 Å². The maximum absolute atomic E-state index is 12.6. The lowest BCUT2D eigenvalue weighted by molar-refractivity contribution is -0.142. The van der Waals surface area contributed by atoms with Gasteiger partial charge >= 0.3 is 5.97 Å². The van der Waals surface area contributed by atoms with Crippen LogP contribution in [0.15, 0.2) is 60.7 Å². The van der Waals surface area contributed by atoms with Crippen LogP contribution in [0, 0.1) is 0 Å². The van der Waals surface area contributed by atoms with Crippen LogP contribution < -0.4 is 5.32 Å². The van der Waals surface area contributed by atoms with Crippen LogP contribution in [0.5, 0.6) is 0 Å². The van der Waals surface area contributed by atoms with Crippen molar-refractivity contribution in [3.63, 3.8) is 0 Å². The third kappa shape index (κ3) is 5.29. The van der Waals surface area contributed by atoms with Gasteiger partial charge in [-0.2, -0.15) is 0 Å². The molecule has 0 unspecified atom stereocenters. The standard InChI is InChI=1S/C19H16ClNO4/c1-2-6-18(23)25-12-17(22)21-16-10-9-14(20)11-15(16)19(24)13-7-4-3-5-8-13/h2-11H,12H2,1H3,(H,21,22)/b6-2+. The monoisotopic (exact) mass is 357 g/mol. The van der Waals surface area contributed by atoms with Crippen molar-refractivity contribution in [1.29, 1.82) is 0 Å². The molecule has 0 heterocycles. The van der Waals surface area contributed by atoms with Crippen LogP contribution in [0.1, 0.15) is 22.8 Å². The quantitative estimate of drug-likeness (QED) is 0.487. The van der Waals surface area contributed by atoms with Gasteiger partial charge in [0, 0.05) is 22.2 Å². The lowest BCUT2D eigenvalue weighted by Crippen LogP contribution is -2.21. The van der Waals surface area contributed by atoms with Crippen LogP contribution in [0.2, 0.25) is 5.02 Å². The predicted octanol–water partition coefficient (Wildman–Crippen LogP) is 3.63. The Labute approximate surface area is 150 Å². The maximum Gasteiger partial charge on any atom is 0.330 e. The van der Waals surface area contributed by atoms with Gasteiger partial charge in [0.1, 0.15) is 0 Å². The molecule has 0 aliphatic carbocycles. The fourth-order valence-corrected chi connectivity index (χ4v) is 2.24. The number of esters is 1. The van der Waals surface area contributed by atoms with E-state index in [1.165, 1.54) is 24.3 Å². The number of ether oxygens (including phenoxy) is 1. The zero-order valence-electron chi connectivity index (χ0n) is 13.5. The summed E-state index contributed by atoms with van der Waals surface area (Å²) >= 11 is 5.98. The fraction of sp³-hybridized carbons (Fsp3) is 0.105. The summed E-state index contributed by atoms with van der Waals surface area (Å²) in [4.78, 5) is 35.9. The minimum atomic E-state index is -0.616. The molecule has 0 bridgehead atoms. The summed E-state index contributed by atoms with van der Waals surface area (Å²) in [6.45, 7) is 1.21. The molecule has 128 valence electrons. The summed E-state index contributed by atoms with van der Waals surface area (Å²) in [5.74, 6) is -1.44. The smallest absolute Gasteiger partial charge is 0.330 e. The van der Waals surface area contributed by atoms with Gasteiger partial charge in [-0.1, -0.05) is 48.0 Å². The van der Waals surface area contributed by atoms with Gasteiger partial charge in [-0.25, -0.2) is 4.79 Å². The Kier molecular flexibility index (Phi) is 6.48. The summed E-state index contributed by atoms with van der Waals surface area (Å²) in [6, 6.07) is 13.2. The number of rotatable bonds is 6. The van der Waals surface area contributed by atoms with E-state index in [9.17, 15) is 14.4 Å². The molecule has 2 rings (SSSR count). The average molecular weight is 358 g/mol. The molecular formula is C19H16ClNO4. The number of carbonyl (C=O) groups excluding carboxylic acids is 3. The van der Waals surface area contributed by atoms with Crippen LogP contribution in [0.25, 0.3) is 0 Å². The Morgan fingerprint density at radius 3 is 2.52 bits per heavy atom. The molecule has 5 nitrogen and oxygen atoms in total. The number of amides is 1. The number of benzene rings is 2. The zero-order valence-corrected chi connectivity index (χ0v) is 14.2. The molecular weight excluding hydrogens is 342 g/mol. The number of anilines is 1. The second-order valence-corrected chi connectivity index (χ2v) is 5.48. The van der Waals surface area contributed by atoms with Gasteiger partial charge in [-0.05, 0) is 25.1 Å². The predicted molar refractivity (Wildman–Crippen MR) is 95.7 cm³/mol. The first-order valence-corrected chi connectivity index (χ1v) is 7.87. The van der Waals surface area contributed by atoms with E-state index in [4.69, 9.17) is 16.3 Å². The van der Waals surface area contributed by atoms with E-state index < -0.39 is 18.5 Å². The van der Waals surface area contributed by atoms with Crippen molar-refractivity contribution in [3.8, 4) is 0 Å². The van der Waals surface area contributed by atoms with Gasteiger partial charge in [0.2, 0.25) is 0 Å². The third-order valence-electron chi connectivity index (χ3n) is 3.18. The van der Waals surface area contributed by atoms with Crippen LogP contribution >= 0.6 is 11.6 Å². The summed E-state index contributed by atoms with van der Waals surface area (Å²) < 4.78 is 4.78. The van der Waals surface area contributed by atoms with Crippen molar-refractivity contribution in [2.24, 2.45) is 0 Å². The lowest BCUT2D eigenvalue weighted by Gasteiger charge is -2.11. The van der Waals surface area contributed by atoms with Gasteiger partial charge in [-0.3, -0.25) is 9.59 Å². The number of allylic oxidation sites excluding steroid dienone is 1. The van der Waals surface area contributed by atoms with Crippen LogP contribution in [-0.4, -0.2) is 24.3 Å². The highest BCUT2D eigenvalue weighted by Crippen LogP contribution is 2.23. The molecule has 0 atom stereocenters. The number of hydrogen-bond donors (Lipinski definition) is 1. The van der Waals surface area contributed by atoms with Gasteiger partial charge in [0.15, 0.2) is 12.4 Å². The van der Waals surface area contributed by atoms with E-state index in [2.05, 4.69) is 5.32 Å². The minimum absolute atomic E-state index is 0.256. The first-order chi connectivity index (χ1) is 12.0. The van der Waals surface area contributed by atoms with Gasteiger partial charge < -0.3 is 10.1 Å². The Morgan fingerprint density at radius 2 is 1.84 bits per heavy atom. The van der Waals surface area contributed by atoms with E-state index in [0.29, 0.717) is 16.3 Å². The molecule has 6 heteroatoms. The van der Waals surface area contributed by atoms with Crippen molar-refractivity contribution in [1.82, 2.24) is 0 Å². The summed E-state index contributed by atoms with van der Waals surface area (Å²) in [5, 5.41) is 2.94. The van der Waals surface area contributed by atoms with Gasteiger partial charge in [-0.15, -0.1) is 0 Å². The summed E-state index contributed by atoms with van der Waals surface area (Å²) in [6.07, 6.45) is 2.72. The molecule has 25 heavy (non-hydrogen) atoms. The average Bonchev–Trinajstić information content (AvgIpc) is 2.62. The summed E-state index contributed by atoms with van der Waals surface area (Å²) in [5.41, 5.74) is 1.02. The van der Waals surface area contributed by atoms with Gasteiger partial charge in [0.25, 0.3) is 5.91 Å². The molecule has 2 aromatic carbocycles. The molecule has 2 aromatic rings. The van der Waals surface area contributed by atoms with E-state index >= 15 is 0 Å². The Balaban J connectivity index is 2.17. The molecule has 0 saturated heterocycles. The Hall–Kier alpha value is -2.92. The lowest BCUT2D eigenvalue weighted by atomic mass is 10.0. The Bertz CT molecular complexity index is 815. The molecule has 1 N–H and O–H groups in total. The Morgan fingerprint density at radius 1 is 1.12 bits per heavy atom. The van der Waals surface area contributed by atoms with Crippen molar-refractivity contribution in [2.75, 3.05) is 11.9 Å². The SMILES string of the molecule is C/C=C/C(=O)OCC(=O)Nc1ccc(Cl)cc1C(=O)c1ccccc1. The largest absolute Gasteiger partial charge is 0.452 e. The van der Waals surface area contributed by atoms with Crippen molar-refractivity contribution in [2.45, 2.75) is 6.92 Å². The maximum atomic E-state index is 12.6.